The Kier molecular flexibility index (Phi) is 1.97. The van der Waals surface area contributed by atoms with E-state index in [2.05, 4.69) is 13.8 Å². The van der Waals surface area contributed by atoms with Gasteiger partial charge in [-0.05, 0) is 24.7 Å². The molecule has 0 spiro atoms. The molecule has 0 aromatic rings. The minimum absolute atomic E-state index is 0.0348. The zero-order valence-corrected chi connectivity index (χ0v) is 6.50. The Balaban J connectivity index is 2.24. The van der Waals surface area contributed by atoms with Crippen molar-refractivity contribution in [2.75, 3.05) is 0 Å². The highest BCUT2D eigenvalue weighted by Gasteiger charge is 2.35. The van der Waals surface area contributed by atoms with Gasteiger partial charge in [-0.2, -0.15) is 0 Å². The van der Waals surface area contributed by atoms with E-state index in [1.54, 1.807) is 0 Å². The van der Waals surface area contributed by atoms with E-state index < -0.39 is 5.97 Å². The molecule has 2 heteroatoms. The molecule has 0 aromatic carbocycles. The molecule has 0 saturated heterocycles. The number of carboxylic acids is 1. The van der Waals surface area contributed by atoms with Gasteiger partial charge in [0.2, 0.25) is 0 Å². The van der Waals surface area contributed by atoms with Crippen LogP contribution < -0.4 is 0 Å². The zero-order chi connectivity index (χ0) is 7.72. The van der Waals surface area contributed by atoms with Crippen LogP contribution in [0.5, 0.6) is 0 Å². The van der Waals surface area contributed by atoms with Gasteiger partial charge >= 0.3 is 5.97 Å². The predicted octanol–water partition coefficient (Wildman–Crippen LogP) is 1.75. The Bertz CT molecular complexity index is 134. The van der Waals surface area contributed by atoms with Crippen LogP contribution in [-0.4, -0.2) is 11.1 Å². The first-order chi connectivity index (χ1) is 4.61. The van der Waals surface area contributed by atoms with Crippen molar-refractivity contribution < 1.29 is 9.90 Å². The molecule has 0 aliphatic heterocycles. The third kappa shape index (κ3) is 1.31. The summed E-state index contributed by atoms with van der Waals surface area (Å²) in [6.45, 7) is 4.31. The van der Waals surface area contributed by atoms with Crippen LogP contribution in [0, 0.1) is 17.8 Å². The van der Waals surface area contributed by atoms with E-state index in [0.29, 0.717) is 11.8 Å². The molecular formula is C8H14O2. The fourth-order valence-electron chi connectivity index (χ4n) is 1.41. The summed E-state index contributed by atoms with van der Waals surface area (Å²) < 4.78 is 0. The van der Waals surface area contributed by atoms with E-state index in [1.165, 1.54) is 0 Å². The van der Waals surface area contributed by atoms with Crippen molar-refractivity contribution >= 4 is 5.97 Å². The molecule has 2 nitrogen and oxygen atoms in total. The second-order valence-electron chi connectivity index (χ2n) is 3.51. The molecular weight excluding hydrogens is 128 g/mol. The van der Waals surface area contributed by atoms with Gasteiger partial charge in [0, 0.05) is 0 Å². The van der Waals surface area contributed by atoms with Crippen LogP contribution in [-0.2, 0) is 4.79 Å². The topological polar surface area (TPSA) is 37.3 Å². The maximum Gasteiger partial charge on any atom is 0.306 e. The first kappa shape index (κ1) is 7.58. The van der Waals surface area contributed by atoms with Gasteiger partial charge in [0.05, 0.1) is 5.92 Å². The van der Waals surface area contributed by atoms with Crippen molar-refractivity contribution in [3.63, 3.8) is 0 Å². The molecule has 0 bridgehead atoms. The van der Waals surface area contributed by atoms with E-state index in [1.807, 2.05) is 0 Å². The quantitative estimate of drug-likeness (QED) is 0.637. The van der Waals surface area contributed by atoms with Crippen LogP contribution >= 0.6 is 0 Å². The van der Waals surface area contributed by atoms with Gasteiger partial charge in [0.1, 0.15) is 0 Å². The number of hydrogen-bond acceptors (Lipinski definition) is 1. The highest BCUT2D eigenvalue weighted by molar-refractivity contribution is 5.71. The zero-order valence-electron chi connectivity index (χ0n) is 6.50. The molecule has 0 atom stereocenters. The molecule has 1 aliphatic carbocycles. The minimum atomic E-state index is -0.614. The molecule has 1 rings (SSSR count). The third-order valence-electron chi connectivity index (χ3n) is 2.47. The summed E-state index contributed by atoms with van der Waals surface area (Å²) >= 11 is 0. The van der Waals surface area contributed by atoms with Crippen molar-refractivity contribution in [2.45, 2.75) is 26.7 Å². The highest BCUT2D eigenvalue weighted by Crippen LogP contribution is 2.38. The molecule has 0 radical (unpaired) electrons. The van der Waals surface area contributed by atoms with E-state index >= 15 is 0 Å². The Hall–Kier alpha value is -0.530. The van der Waals surface area contributed by atoms with Crippen LogP contribution in [0.2, 0.25) is 0 Å². The molecule has 1 aliphatic rings. The molecule has 0 unspecified atom stereocenters. The lowest BCUT2D eigenvalue weighted by molar-refractivity contribution is -0.147. The average Bonchev–Trinajstić information content (AvgIpc) is 1.56. The van der Waals surface area contributed by atoms with Gasteiger partial charge in [-0.1, -0.05) is 13.8 Å². The predicted molar refractivity (Wildman–Crippen MR) is 38.7 cm³/mol. The van der Waals surface area contributed by atoms with Crippen LogP contribution in [0.25, 0.3) is 0 Å². The summed E-state index contributed by atoms with van der Waals surface area (Å²) in [6, 6.07) is 0. The maximum atomic E-state index is 10.3. The molecule has 1 N–H and O–H groups in total. The van der Waals surface area contributed by atoms with Gasteiger partial charge < -0.3 is 5.11 Å². The van der Waals surface area contributed by atoms with Gasteiger partial charge in [-0.25, -0.2) is 0 Å². The summed E-state index contributed by atoms with van der Waals surface area (Å²) in [4.78, 5) is 10.3. The van der Waals surface area contributed by atoms with Crippen LogP contribution in [0.1, 0.15) is 26.7 Å². The number of hydrogen-bond donors (Lipinski definition) is 1. The second kappa shape index (κ2) is 2.60. The van der Waals surface area contributed by atoms with Gasteiger partial charge in [0.15, 0.2) is 0 Å². The molecule has 1 saturated carbocycles. The maximum absolute atomic E-state index is 10.3. The van der Waals surface area contributed by atoms with E-state index in [0.717, 1.165) is 12.8 Å². The van der Waals surface area contributed by atoms with Crippen LogP contribution in [0.15, 0.2) is 0 Å². The van der Waals surface area contributed by atoms with Gasteiger partial charge in [0.25, 0.3) is 0 Å². The van der Waals surface area contributed by atoms with Gasteiger partial charge in [-0.3, -0.25) is 4.79 Å². The standard InChI is InChI=1S/C8H14O2/c1-5(2)6-3-7(4-6)8(9)10/h5-7H,3-4H2,1-2H3,(H,9,10)/t6-,7-. The van der Waals surface area contributed by atoms with E-state index in [-0.39, 0.29) is 5.92 Å². The largest absolute Gasteiger partial charge is 0.481 e. The number of rotatable bonds is 2. The summed E-state index contributed by atoms with van der Waals surface area (Å²) in [5.41, 5.74) is 0. The Labute approximate surface area is 61.2 Å². The Morgan fingerprint density at radius 3 is 2.30 bits per heavy atom. The van der Waals surface area contributed by atoms with Crippen molar-refractivity contribution in [3.05, 3.63) is 0 Å². The van der Waals surface area contributed by atoms with Crippen LogP contribution in [0.3, 0.4) is 0 Å². The Morgan fingerprint density at radius 1 is 1.50 bits per heavy atom. The minimum Gasteiger partial charge on any atom is -0.481 e. The first-order valence-corrected chi connectivity index (χ1v) is 3.84. The smallest absolute Gasteiger partial charge is 0.306 e. The fourth-order valence-corrected chi connectivity index (χ4v) is 1.41. The first-order valence-electron chi connectivity index (χ1n) is 3.84. The number of carboxylic acid groups (broad SMARTS) is 1. The van der Waals surface area contributed by atoms with Crippen molar-refractivity contribution in [2.24, 2.45) is 17.8 Å². The lowest BCUT2D eigenvalue weighted by atomic mass is 9.70. The molecule has 0 aromatic heterocycles. The molecule has 1 fully saturated rings. The van der Waals surface area contributed by atoms with E-state index in [4.69, 9.17) is 5.11 Å². The summed E-state index contributed by atoms with van der Waals surface area (Å²) in [5, 5.41) is 8.53. The van der Waals surface area contributed by atoms with Crippen molar-refractivity contribution in [3.8, 4) is 0 Å². The molecule has 58 valence electrons. The van der Waals surface area contributed by atoms with Crippen molar-refractivity contribution in [1.29, 1.82) is 0 Å². The number of aliphatic carboxylic acids is 1. The third-order valence-corrected chi connectivity index (χ3v) is 2.47. The highest BCUT2D eigenvalue weighted by atomic mass is 16.4. The fraction of sp³-hybridized carbons (Fsp3) is 0.875. The SMILES string of the molecule is CC(C)[C@H]1C[C@H](C(=O)O)C1. The van der Waals surface area contributed by atoms with Gasteiger partial charge in [-0.15, -0.1) is 0 Å². The summed E-state index contributed by atoms with van der Waals surface area (Å²) in [5.74, 6) is 0.681. The van der Waals surface area contributed by atoms with Crippen LogP contribution in [0.4, 0.5) is 0 Å². The van der Waals surface area contributed by atoms with Crippen molar-refractivity contribution in [1.82, 2.24) is 0 Å². The average molecular weight is 142 g/mol. The molecule has 0 amide bonds. The second-order valence-corrected chi connectivity index (χ2v) is 3.51. The molecule has 10 heavy (non-hydrogen) atoms. The molecule has 0 heterocycles. The van der Waals surface area contributed by atoms with E-state index in [9.17, 15) is 4.79 Å². The summed E-state index contributed by atoms with van der Waals surface area (Å²) in [6.07, 6.45) is 1.79. The lowest BCUT2D eigenvalue weighted by Crippen LogP contribution is -2.33. The monoisotopic (exact) mass is 142 g/mol. The normalized spacial score (nSPS) is 31.9. The lowest BCUT2D eigenvalue weighted by Gasteiger charge is -2.35. The summed E-state index contributed by atoms with van der Waals surface area (Å²) in [7, 11) is 0. The number of carbonyl (C=O) groups is 1. The Morgan fingerprint density at radius 2 is 2.00 bits per heavy atom.